The summed E-state index contributed by atoms with van der Waals surface area (Å²) in [5.74, 6) is -0.589. The lowest BCUT2D eigenvalue weighted by Gasteiger charge is -2.39. The summed E-state index contributed by atoms with van der Waals surface area (Å²) in [4.78, 5) is 25.1. The van der Waals surface area contributed by atoms with Gasteiger partial charge in [-0.25, -0.2) is 0 Å². The molecule has 1 aromatic rings. The Morgan fingerprint density at radius 3 is 2.32 bits per heavy atom. The first-order chi connectivity index (χ1) is 11.4. The summed E-state index contributed by atoms with van der Waals surface area (Å²) < 4.78 is 39.6. The molecule has 1 aromatic carbocycles. The molecule has 1 amide bonds. The standard InChI is InChI=1S/C18H19BrF3NO2/c1-15(2)16(3)8-9-17(15,12(19)13(16)24)14(25)23-11-7-5-4-6-10(11)18(20,21)22/h4-7,12H,8-9H2,1-3H3,(H,23,25)/t12-,16+,17+/m0/s1. The monoisotopic (exact) mass is 417 g/mol. The largest absolute Gasteiger partial charge is 0.418 e. The molecule has 0 aliphatic heterocycles. The van der Waals surface area contributed by atoms with E-state index in [1.165, 1.54) is 18.2 Å². The Kier molecular flexibility index (Phi) is 3.92. The van der Waals surface area contributed by atoms with Crippen LogP contribution in [-0.2, 0) is 15.8 Å². The number of alkyl halides is 4. The number of ketones is 1. The van der Waals surface area contributed by atoms with Crippen molar-refractivity contribution in [2.45, 2.75) is 44.6 Å². The molecule has 2 aliphatic carbocycles. The van der Waals surface area contributed by atoms with Crippen LogP contribution in [0.5, 0.6) is 0 Å². The fourth-order valence-corrected chi connectivity index (χ4v) is 6.04. The Labute approximate surface area is 152 Å². The average Bonchev–Trinajstić information content (AvgIpc) is 2.79. The number of rotatable bonds is 2. The number of hydrogen-bond acceptors (Lipinski definition) is 2. The van der Waals surface area contributed by atoms with Crippen LogP contribution >= 0.6 is 15.9 Å². The van der Waals surface area contributed by atoms with Gasteiger partial charge in [-0.1, -0.05) is 48.8 Å². The molecular weight excluding hydrogens is 399 g/mol. The minimum absolute atomic E-state index is 0.0528. The lowest BCUT2D eigenvalue weighted by Crippen LogP contribution is -2.48. The molecular formula is C18H19BrF3NO2. The SMILES string of the molecule is CC1(C)[C@]2(C(=O)Nc3ccccc3C(F)(F)F)CC[C@]1(C)C(=O)[C@@H]2Br. The zero-order valence-corrected chi connectivity index (χ0v) is 15.7. The highest BCUT2D eigenvalue weighted by Crippen LogP contribution is 2.72. The van der Waals surface area contributed by atoms with E-state index >= 15 is 0 Å². The molecule has 0 unspecified atom stereocenters. The molecule has 2 fully saturated rings. The Morgan fingerprint density at radius 2 is 1.80 bits per heavy atom. The Hall–Kier alpha value is -1.37. The van der Waals surface area contributed by atoms with E-state index in [0.29, 0.717) is 12.8 Å². The van der Waals surface area contributed by atoms with Crippen LogP contribution in [0.3, 0.4) is 0 Å². The smallest absolute Gasteiger partial charge is 0.325 e. The topological polar surface area (TPSA) is 46.2 Å². The van der Waals surface area contributed by atoms with Crippen molar-refractivity contribution in [2.24, 2.45) is 16.2 Å². The molecule has 0 heterocycles. The molecule has 1 N–H and O–H groups in total. The number of benzene rings is 1. The number of Topliss-reactive ketones (excluding diaryl/α,β-unsaturated/α-hetero) is 1. The predicted octanol–water partition coefficient (Wildman–Crippen LogP) is 4.80. The highest BCUT2D eigenvalue weighted by Gasteiger charge is 2.76. The van der Waals surface area contributed by atoms with Crippen molar-refractivity contribution < 1.29 is 22.8 Å². The van der Waals surface area contributed by atoms with E-state index in [1.807, 2.05) is 20.8 Å². The summed E-state index contributed by atoms with van der Waals surface area (Å²) in [5, 5.41) is 2.46. The summed E-state index contributed by atoms with van der Waals surface area (Å²) in [6.45, 7) is 5.55. The fourth-order valence-electron chi connectivity index (χ4n) is 4.53. The van der Waals surface area contributed by atoms with Crippen LogP contribution in [0.2, 0.25) is 0 Å². The van der Waals surface area contributed by atoms with Crippen molar-refractivity contribution in [1.29, 1.82) is 0 Å². The van der Waals surface area contributed by atoms with Crippen LogP contribution in [0.15, 0.2) is 24.3 Å². The number of amides is 1. The summed E-state index contributed by atoms with van der Waals surface area (Å²) in [6.07, 6.45) is -3.56. The molecule has 7 heteroatoms. The number of para-hydroxylation sites is 1. The lowest BCUT2D eigenvalue weighted by molar-refractivity contribution is -0.137. The molecule has 0 aromatic heterocycles. The van der Waals surface area contributed by atoms with Gasteiger partial charge in [0.15, 0.2) is 5.78 Å². The molecule has 0 saturated heterocycles. The molecule has 2 bridgehead atoms. The van der Waals surface area contributed by atoms with Crippen LogP contribution in [0.1, 0.15) is 39.2 Å². The van der Waals surface area contributed by atoms with Gasteiger partial charge in [0.2, 0.25) is 5.91 Å². The lowest BCUT2D eigenvalue weighted by atomic mass is 9.64. The number of carbonyl (C=O) groups is 2. The number of fused-ring (bicyclic) bond motifs is 2. The quantitative estimate of drug-likeness (QED) is 0.702. The van der Waals surface area contributed by atoms with Crippen LogP contribution in [0.4, 0.5) is 18.9 Å². The first-order valence-electron chi connectivity index (χ1n) is 8.06. The van der Waals surface area contributed by atoms with Gasteiger partial charge in [-0.15, -0.1) is 0 Å². The van der Waals surface area contributed by atoms with Gasteiger partial charge >= 0.3 is 6.18 Å². The van der Waals surface area contributed by atoms with Crippen molar-refractivity contribution in [3.05, 3.63) is 29.8 Å². The molecule has 0 spiro atoms. The van der Waals surface area contributed by atoms with Gasteiger partial charge < -0.3 is 5.32 Å². The minimum atomic E-state index is -4.57. The fraction of sp³-hybridized carbons (Fsp3) is 0.556. The molecule has 2 aliphatic rings. The number of anilines is 1. The van der Waals surface area contributed by atoms with Gasteiger partial charge in [-0.3, -0.25) is 9.59 Å². The minimum Gasteiger partial charge on any atom is -0.325 e. The second-order valence-electron chi connectivity index (χ2n) is 7.65. The maximum absolute atomic E-state index is 13.2. The third kappa shape index (κ3) is 2.17. The highest BCUT2D eigenvalue weighted by atomic mass is 79.9. The zero-order valence-electron chi connectivity index (χ0n) is 14.1. The zero-order chi connectivity index (χ0) is 18.8. The second kappa shape index (κ2) is 5.32. The first kappa shape index (κ1) is 18.4. The Bertz CT molecular complexity index is 761. The van der Waals surface area contributed by atoms with Gasteiger partial charge in [0.1, 0.15) is 0 Å². The normalized spacial score (nSPS) is 33.6. The summed E-state index contributed by atoms with van der Waals surface area (Å²) in [7, 11) is 0. The van der Waals surface area contributed by atoms with Crippen molar-refractivity contribution in [3.63, 3.8) is 0 Å². The second-order valence-corrected chi connectivity index (χ2v) is 8.57. The first-order valence-corrected chi connectivity index (χ1v) is 8.97. The maximum atomic E-state index is 13.2. The van der Waals surface area contributed by atoms with E-state index in [0.717, 1.165) is 6.07 Å². The van der Waals surface area contributed by atoms with Gasteiger partial charge in [-0.2, -0.15) is 13.2 Å². The van der Waals surface area contributed by atoms with Crippen molar-refractivity contribution in [2.75, 3.05) is 5.32 Å². The molecule has 136 valence electrons. The molecule has 3 atom stereocenters. The Morgan fingerprint density at radius 1 is 1.20 bits per heavy atom. The van der Waals surface area contributed by atoms with Gasteiger partial charge in [0, 0.05) is 5.41 Å². The van der Waals surface area contributed by atoms with E-state index in [2.05, 4.69) is 21.2 Å². The van der Waals surface area contributed by atoms with Crippen LogP contribution < -0.4 is 5.32 Å². The van der Waals surface area contributed by atoms with Crippen LogP contribution in [-0.4, -0.2) is 16.5 Å². The third-order valence-corrected chi connectivity index (χ3v) is 7.80. The number of hydrogen-bond donors (Lipinski definition) is 1. The number of carbonyl (C=O) groups excluding carboxylic acids is 2. The summed E-state index contributed by atoms with van der Waals surface area (Å²) in [5.41, 5.74) is -3.58. The summed E-state index contributed by atoms with van der Waals surface area (Å²) >= 11 is 3.37. The average molecular weight is 418 g/mol. The summed E-state index contributed by atoms with van der Waals surface area (Å²) in [6, 6.07) is 4.89. The molecule has 0 radical (unpaired) electrons. The maximum Gasteiger partial charge on any atom is 0.418 e. The molecule has 2 saturated carbocycles. The van der Waals surface area contributed by atoms with Crippen molar-refractivity contribution >= 4 is 33.3 Å². The van der Waals surface area contributed by atoms with Crippen LogP contribution in [0, 0.1) is 16.2 Å². The van der Waals surface area contributed by atoms with Crippen molar-refractivity contribution in [3.8, 4) is 0 Å². The van der Waals surface area contributed by atoms with E-state index in [-0.39, 0.29) is 11.5 Å². The van der Waals surface area contributed by atoms with Gasteiger partial charge in [0.25, 0.3) is 0 Å². The molecule has 25 heavy (non-hydrogen) atoms. The highest BCUT2D eigenvalue weighted by molar-refractivity contribution is 9.10. The van der Waals surface area contributed by atoms with E-state index in [1.54, 1.807) is 0 Å². The number of halogens is 4. The van der Waals surface area contributed by atoms with Crippen molar-refractivity contribution in [1.82, 2.24) is 0 Å². The predicted molar refractivity (Wildman–Crippen MR) is 91.4 cm³/mol. The Balaban J connectivity index is 2.02. The van der Waals surface area contributed by atoms with E-state index in [9.17, 15) is 22.8 Å². The van der Waals surface area contributed by atoms with Gasteiger partial charge in [-0.05, 0) is 30.4 Å². The third-order valence-electron chi connectivity index (χ3n) is 6.61. The van der Waals surface area contributed by atoms with E-state index < -0.39 is 38.7 Å². The number of nitrogens with one attached hydrogen (secondary N) is 1. The van der Waals surface area contributed by atoms with Crippen LogP contribution in [0.25, 0.3) is 0 Å². The van der Waals surface area contributed by atoms with E-state index in [4.69, 9.17) is 0 Å². The van der Waals surface area contributed by atoms with Gasteiger partial charge in [0.05, 0.1) is 21.5 Å². The molecule has 3 rings (SSSR count). The molecule has 3 nitrogen and oxygen atoms in total.